The monoisotopic (exact) mass is 326 g/mol. The fraction of sp³-hybridized carbons (Fsp3) is 0.588. The lowest BCUT2D eigenvalue weighted by molar-refractivity contribution is -0.146. The normalized spacial score (nSPS) is 16.7. The van der Waals surface area contributed by atoms with Crippen molar-refractivity contribution >= 4 is 18.3 Å². The van der Waals surface area contributed by atoms with Crippen LogP contribution in [-0.4, -0.2) is 44.7 Å². The Balaban J connectivity index is 0.00000242. The summed E-state index contributed by atoms with van der Waals surface area (Å²) in [5.41, 5.74) is 2.07. The van der Waals surface area contributed by atoms with E-state index in [2.05, 4.69) is 24.4 Å². The molecule has 0 bridgehead atoms. The zero-order valence-electron chi connectivity index (χ0n) is 13.7. The standard InChI is InChI=1S/C17H26N2O2.ClH/c1-14-6-4-5-7-15(14)12-19(2)16(20)17(13-21-3)8-10-18-11-9-17;/h4-7,18H,8-13H2,1-3H3;1H. The smallest absolute Gasteiger partial charge is 0.231 e. The predicted octanol–water partition coefficient (Wildman–Crippen LogP) is 2.39. The Kier molecular flexibility index (Phi) is 7.33. The number of ether oxygens (including phenoxy) is 1. The van der Waals surface area contributed by atoms with E-state index in [9.17, 15) is 4.79 Å². The van der Waals surface area contributed by atoms with Crippen LogP contribution in [0.4, 0.5) is 0 Å². The summed E-state index contributed by atoms with van der Waals surface area (Å²) in [6.45, 7) is 5.01. The lowest BCUT2D eigenvalue weighted by Gasteiger charge is -2.38. The molecule has 0 spiro atoms. The van der Waals surface area contributed by atoms with Gasteiger partial charge in [-0.25, -0.2) is 0 Å². The first-order valence-corrected chi connectivity index (χ1v) is 7.59. The maximum atomic E-state index is 12.9. The Morgan fingerprint density at radius 1 is 1.32 bits per heavy atom. The minimum absolute atomic E-state index is 0. The van der Waals surface area contributed by atoms with Crippen molar-refractivity contribution in [3.63, 3.8) is 0 Å². The molecular formula is C17H27ClN2O2. The lowest BCUT2D eigenvalue weighted by Crippen LogP contribution is -2.50. The average Bonchev–Trinajstić information content (AvgIpc) is 2.50. The van der Waals surface area contributed by atoms with Gasteiger partial charge in [0.15, 0.2) is 0 Å². The first kappa shape index (κ1) is 18.9. The van der Waals surface area contributed by atoms with Gasteiger partial charge in [0, 0.05) is 20.7 Å². The van der Waals surface area contributed by atoms with Gasteiger partial charge in [-0.3, -0.25) is 4.79 Å². The molecule has 0 aliphatic carbocycles. The third-order valence-electron chi connectivity index (χ3n) is 4.45. The molecule has 22 heavy (non-hydrogen) atoms. The molecule has 1 saturated heterocycles. The van der Waals surface area contributed by atoms with Gasteiger partial charge in [0.2, 0.25) is 5.91 Å². The first-order chi connectivity index (χ1) is 10.1. The highest BCUT2D eigenvalue weighted by Gasteiger charge is 2.41. The van der Waals surface area contributed by atoms with Crippen LogP contribution in [0.3, 0.4) is 0 Å². The van der Waals surface area contributed by atoms with E-state index in [4.69, 9.17) is 4.74 Å². The van der Waals surface area contributed by atoms with Crippen LogP contribution in [0.25, 0.3) is 0 Å². The molecule has 1 aliphatic rings. The number of piperidine rings is 1. The van der Waals surface area contributed by atoms with Crippen molar-refractivity contribution in [3.8, 4) is 0 Å². The van der Waals surface area contributed by atoms with E-state index in [1.165, 1.54) is 11.1 Å². The number of halogens is 1. The molecule has 1 amide bonds. The van der Waals surface area contributed by atoms with E-state index in [1.807, 2.05) is 24.1 Å². The SMILES string of the molecule is COCC1(C(=O)N(C)Cc2ccccc2C)CCNCC1.Cl. The van der Waals surface area contributed by atoms with Crippen LogP contribution in [0.15, 0.2) is 24.3 Å². The van der Waals surface area contributed by atoms with Crippen LogP contribution in [-0.2, 0) is 16.1 Å². The molecule has 1 fully saturated rings. The second-order valence-corrected chi connectivity index (χ2v) is 6.05. The highest BCUT2D eigenvalue weighted by molar-refractivity contribution is 5.85. The van der Waals surface area contributed by atoms with Gasteiger partial charge in [-0.1, -0.05) is 24.3 Å². The Morgan fingerprint density at radius 2 is 1.95 bits per heavy atom. The van der Waals surface area contributed by atoms with Crippen LogP contribution in [0.5, 0.6) is 0 Å². The number of aryl methyl sites for hydroxylation is 1. The van der Waals surface area contributed by atoms with E-state index in [-0.39, 0.29) is 23.7 Å². The minimum atomic E-state index is -0.364. The molecular weight excluding hydrogens is 300 g/mol. The van der Waals surface area contributed by atoms with Crippen LogP contribution in [0.1, 0.15) is 24.0 Å². The maximum absolute atomic E-state index is 12.9. The number of hydrogen-bond donors (Lipinski definition) is 1. The molecule has 0 saturated carbocycles. The van der Waals surface area contributed by atoms with Crippen LogP contribution in [0.2, 0.25) is 0 Å². The molecule has 1 aliphatic heterocycles. The molecule has 1 aromatic carbocycles. The molecule has 2 rings (SSSR count). The van der Waals surface area contributed by atoms with E-state index >= 15 is 0 Å². The molecule has 0 atom stereocenters. The summed E-state index contributed by atoms with van der Waals surface area (Å²) in [6, 6.07) is 8.23. The van der Waals surface area contributed by atoms with Gasteiger partial charge in [0.25, 0.3) is 0 Å². The van der Waals surface area contributed by atoms with Crippen molar-refractivity contribution < 1.29 is 9.53 Å². The molecule has 1 aromatic rings. The van der Waals surface area contributed by atoms with Gasteiger partial charge < -0.3 is 15.0 Å². The number of carbonyl (C=O) groups excluding carboxylic acids is 1. The molecule has 0 aromatic heterocycles. The Labute approximate surface area is 139 Å². The number of methoxy groups -OCH3 is 1. The second kappa shape index (κ2) is 8.51. The quantitative estimate of drug-likeness (QED) is 0.903. The fourth-order valence-electron chi connectivity index (χ4n) is 3.12. The van der Waals surface area contributed by atoms with Gasteiger partial charge in [-0.2, -0.15) is 0 Å². The van der Waals surface area contributed by atoms with E-state index in [0.717, 1.165) is 25.9 Å². The van der Waals surface area contributed by atoms with Crippen molar-refractivity contribution in [2.45, 2.75) is 26.3 Å². The van der Waals surface area contributed by atoms with Crippen molar-refractivity contribution in [2.75, 3.05) is 33.9 Å². The fourth-order valence-corrected chi connectivity index (χ4v) is 3.12. The summed E-state index contributed by atoms with van der Waals surface area (Å²) >= 11 is 0. The summed E-state index contributed by atoms with van der Waals surface area (Å²) in [5, 5.41) is 3.32. The third kappa shape index (κ3) is 4.22. The lowest BCUT2D eigenvalue weighted by atomic mass is 9.78. The third-order valence-corrected chi connectivity index (χ3v) is 4.45. The molecule has 1 heterocycles. The maximum Gasteiger partial charge on any atom is 0.231 e. The van der Waals surface area contributed by atoms with Crippen LogP contribution in [0, 0.1) is 12.3 Å². The van der Waals surface area contributed by atoms with Gasteiger partial charge in [-0.05, 0) is 44.0 Å². The topological polar surface area (TPSA) is 41.6 Å². The summed E-state index contributed by atoms with van der Waals surface area (Å²) < 4.78 is 5.35. The molecule has 0 radical (unpaired) electrons. The summed E-state index contributed by atoms with van der Waals surface area (Å²) in [6.07, 6.45) is 1.69. The minimum Gasteiger partial charge on any atom is -0.384 e. The number of nitrogens with one attached hydrogen (secondary N) is 1. The van der Waals surface area contributed by atoms with Crippen LogP contribution < -0.4 is 5.32 Å². The highest BCUT2D eigenvalue weighted by atomic mass is 35.5. The van der Waals surface area contributed by atoms with Gasteiger partial charge >= 0.3 is 0 Å². The number of nitrogens with zero attached hydrogens (tertiary/aromatic N) is 1. The van der Waals surface area contributed by atoms with Gasteiger partial charge in [0.1, 0.15) is 0 Å². The van der Waals surface area contributed by atoms with Crippen LogP contribution >= 0.6 is 12.4 Å². The number of hydrogen-bond acceptors (Lipinski definition) is 3. The number of benzene rings is 1. The van der Waals surface area contributed by atoms with E-state index in [1.54, 1.807) is 7.11 Å². The Hall–Kier alpha value is -1.10. The summed E-state index contributed by atoms with van der Waals surface area (Å²) in [5.74, 6) is 0.203. The van der Waals surface area contributed by atoms with Crippen molar-refractivity contribution in [2.24, 2.45) is 5.41 Å². The summed E-state index contributed by atoms with van der Waals surface area (Å²) in [7, 11) is 3.58. The number of carbonyl (C=O) groups is 1. The predicted molar refractivity (Wildman–Crippen MR) is 91.3 cm³/mol. The molecule has 1 N–H and O–H groups in total. The number of rotatable bonds is 5. The Bertz CT molecular complexity index is 482. The first-order valence-electron chi connectivity index (χ1n) is 7.59. The van der Waals surface area contributed by atoms with Gasteiger partial charge in [-0.15, -0.1) is 12.4 Å². The van der Waals surface area contributed by atoms with Crippen molar-refractivity contribution in [1.29, 1.82) is 0 Å². The Morgan fingerprint density at radius 3 is 2.55 bits per heavy atom. The van der Waals surface area contributed by atoms with Crippen molar-refractivity contribution in [1.82, 2.24) is 10.2 Å². The number of amides is 1. The highest BCUT2D eigenvalue weighted by Crippen LogP contribution is 2.31. The molecule has 5 heteroatoms. The van der Waals surface area contributed by atoms with E-state index < -0.39 is 0 Å². The zero-order chi connectivity index (χ0) is 15.3. The summed E-state index contributed by atoms with van der Waals surface area (Å²) in [4.78, 5) is 14.8. The molecule has 0 unspecified atom stereocenters. The van der Waals surface area contributed by atoms with E-state index in [0.29, 0.717) is 13.2 Å². The second-order valence-electron chi connectivity index (χ2n) is 6.05. The molecule has 124 valence electrons. The van der Waals surface area contributed by atoms with Crippen molar-refractivity contribution in [3.05, 3.63) is 35.4 Å². The largest absolute Gasteiger partial charge is 0.384 e. The zero-order valence-corrected chi connectivity index (χ0v) is 14.5. The average molecular weight is 327 g/mol. The molecule has 4 nitrogen and oxygen atoms in total. The van der Waals surface area contributed by atoms with Gasteiger partial charge in [0.05, 0.1) is 12.0 Å².